The van der Waals surface area contributed by atoms with Crippen molar-refractivity contribution in [3.8, 4) is 0 Å². The van der Waals surface area contributed by atoms with Crippen LogP contribution in [0.25, 0.3) is 10.9 Å². The van der Waals surface area contributed by atoms with Crippen LogP contribution in [0.3, 0.4) is 0 Å². The highest BCUT2D eigenvalue weighted by atomic mass is 16.1. The molecule has 0 saturated heterocycles. The fraction of sp³-hybridized carbons (Fsp3) is 0.550. The summed E-state index contributed by atoms with van der Waals surface area (Å²) in [6, 6.07) is 8.88. The number of nitrogens with one attached hydrogen (secondary N) is 1. The highest BCUT2D eigenvalue weighted by Gasteiger charge is 2.22. The normalized spacial score (nSPS) is 21.5. The van der Waals surface area contributed by atoms with Crippen molar-refractivity contribution in [2.24, 2.45) is 13.0 Å². The van der Waals surface area contributed by atoms with Crippen molar-refractivity contribution in [3.63, 3.8) is 0 Å². The number of fused-ring (bicyclic) bond motifs is 1. The molecular formula is C20H28N2O. The van der Waals surface area contributed by atoms with E-state index in [0.29, 0.717) is 18.4 Å². The summed E-state index contributed by atoms with van der Waals surface area (Å²) in [6.07, 6.45) is 9.69. The minimum absolute atomic E-state index is 0.226. The molecule has 124 valence electrons. The minimum atomic E-state index is 0.226. The van der Waals surface area contributed by atoms with Gasteiger partial charge in [-0.2, -0.15) is 0 Å². The Balaban J connectivity index is 1.51. The van der Waals surface area contributed by atoms with Gasteiger partial charge in [-0.25, -0.2) is 0 Å². The molecule has 1 saturated carbocycles. The number of rotatable bonds is 5. The SMILES string of the molecule is C[C@H]1CCCC[C@H]1NC(=O)CCCc1cn(C)c2ccccc12. The summed E-state index contributed by atoms with van der Waals surface area (Å²) >= 11 is 0. The van der Waals surface area contributed by atoms with Gasteiger partial charge in [0.1, 0.15) is 0 Å². The van der Waals surface area contributed by atoms with Gasteiger partial charge < -0.3 is 9.88 Å². The lowest BCUT2D eigenvalue weighted by Gasteiger charge is -2.29. The molecule has 1 fully saturated rings. The molecule has 3 nitrogen and oxygen atoms in total. The summed E-state index contributed by atoms with van der Waals surface area (Å²) in [5, 5.41) is 4.57. The molecule has 0 aliphatic heterocycles. The van der Waals surface area contributed by atoms with Crippen LogP contribution in [0, 0.1) is 5.92 Å². The number of benzene rings is 1. The summed E-state index contributed by atoms with van der Waals surface area (Å²) in [7, 11) is 2.09. The molecule has 3 rings (SSSR count). The van der Waals surface area contributed by atoms with E-state index in [1.807, 2.05) is 0 Å². The average molecular weight is 312 g/mol. The molecule has 1 heterocycles. The minimum Gasteiger partial charge on any atom is -0.353 e. The van der Waals surface area contributed by atoms with E-state index in [9.17, 15) is 4.79 Å². The summed E-state index contributed by atoms with van der Waals surface area (Å²) in [5.41, 5.74) is 2.62. The maximum absolute atomic E-state index is 12.2. The largest absolute Gasteiger partial charge is 0.353 e. The number of para-hydroxylation sites is 1. The predicted molar refractivity (Wildman–Crippen MR) is 95.4 cm³/mol. The van der Waals surface area contributed by atoms with Gasteiger partial charge >= 0.3 is 0 Å². The Kier molecular flexibility index (Phi) is 5.04. The van der Waals surface area contributed by atoms with Crippen LogP contribution in [0.4, 0.5) is 0 Å². The maximum Gasteiger partial charge on any atom is 0.220 e. The lowest BCUT2D eigenvalue weighted by Crippen LogP contribution is -2.40. The maximum atomic E-state index is 12.2. The summed E-state index contributed by atoms with van der Waals surface area (Å²) in [4.78, 5) is 12.2. The standard InChI is InChI=1S/C20H28N2O/c1-15-8-3-5-11-18(15)21-20(23)13-7-9-16-14-22(2)19-12-6-4-10-17(16)19/h4,6,10,12,14-15,18H,3,5,7-9,11,13H2,1-2H3,(H,21,23)/t15-,18+/m0/s1. The Morgan fingerprint density at radius 2 is 2.04 bits per heavy atom. The second-order valence-electron chi connectivity index (χ2n) is 7.07. The first-order chi connectivity index (χ1) is 11.1. The van der Waals surface area contributed by atoms with Gasteiger partial charge in [0.15, 0.2) is 0 Å². The van der Waals surface area contributed by atoms with E-state index in [2.05, 4.69) is 54.3 Å². The smallest absolute Gasteiger partial charge is 0.220 e. The van der Waals surface area contributed by atoms with E-state index in [1.165, 1.54) is 35.7 Å². The molecule has 0 bridgehead atoms. The average Bonchev–Trinajstić information content (AvgIpc) is 2.87. The molecule has 1 amide bonds. The van der Waals surface area contributed by atoms with E-state index in [1.54, 1.807) is 0 Å². The summed E-state index contributed by atoms with van der Waals surface area (Å²) < 4.78 is 2.18. The van der Waals surface area contributed by atoms with E-state index in [0.717, 1.165) is 19.3 Å². The number of hydrogen-bond donors (Lipinski definition) is 1. The first-order valence-electron chi connectivity index (χ1n) is 8.97. The van der Waals surface area contributed by atoms with Gasteiger partial charge in [-0.3, -0.25) is 4.79 Å². The molecule has 1 aliphatic rings. The number of amides is 1. The molecule has 0 unspecified atom stereocenters. The quantitative estimate of drug-likeness (QED) is 0.882. The van der Waals surface area contributed by atoms with Crippen molar-refractivity contribution in [2.45, 2.75) is 57.9 Å². The first-order valence-corrected chi connectivity index (χ1v) is 8.97. The Morgan fingerprint density at radius 1 is 1.26 bits per heavy atom. The van der Waals surface area contributed by atoms with Gasteiger partial charge in [0, 0.05) is 36.6 Å². The van der Waals surface area contributed by atoms with Crippen LogP contribution in [-0.2, 0) is 18.3 Å². The second kappa shape index (κ2) is 7.20. The number of carbonyl (C=O) groups is 1. The van der Waals surface area contributed by atoms with Crippen molar-refractivity contribution < 1.29 is 4.79 Å². The van der Waals surface area contributed by atoms with Crippen LogP contribution in [0.2, 0.25) is 0 Å². The topological polar surface area (TPSA) is 34.0 Å². The van der Waals surface area contributed by atoms with Crippen LogP contribution >= 0.6 is 0 Å². The summed E-state index contributed by atoms with van der Waals surface area (Å²) in [5.74, 6) is 0.856. The van der Waals surface area contributed by atoms with Crippen LogP contribution in [0.5, 0.6) is 0 Å². The van der Waals surface area contributed by atoms with Crippen LogP contribution in [-0.4, -0.2) is 16.5 Å². The lowest BCUT2D eigenvalue weighted by molar-refractivity contribution is -0.122. The van der Waals surface area contributed by atoms with Crippen LogP contribution < -0.4 is 5.32 Å². The van der Waals surface area contributed by atoms with Crippen molar-refractivity contribution in [1.29, 1.82) is 0 Å². The Morgan fingerprint density at radius 3 is 2.87 bits per heavy atom. The van der Waals surface area contributed by atoms with Gasteiger partial charge in [0.25, 0.3) is 0 Å². The van der Waals surface area contributed by atoms with Crippen LogP contribution in [0.1, 0.15) is 51.0 Å². The molecule has 0 radical (unpaired) electrons. The Labute approximate surface area is 139 Å². The zero-order valence-electron chi connectivity index (χ0n) is 14.3. The number of hydrogen-bond acceptors (Lipinski definition) is 1. The lowest BCUT2D eigenvalue weighted by atomic mass is 9.86. The molecule has 3 heteroatoms. The molecular weight excluding hydrogens is 284 g/mol. The van der Waals surface area contributed by atoms with E-state index in [4.69, 9.17) is 0 Å². The van der Waals surface area contributed by atoms with E-state index in [-0.39, 0.29) is 5.91 Å². The second-order valence-corrected chi connectivity index (χ2v) is 7.07. The number of aromatic nitrogens is 1. The Bertz CT molecular complexity index is 673. The Hall–Kier alpha value is -1.77. The van der Waals surface area contributed by atoms with Crippen molar-refractivity contribution in [1.82, 2.24) is 9.88 Å². The number of carbonyl (C=O) groups excluding carboxylic acids is 1. The van der Waals surface area contributed by atoms with Gasteiger partial charge in [-0.05, 0) is 43.2 Å². The molecule has 1 aromatic carbocycles. The number of nitrogens with zero attached hydrogens (tertiary/aromatic N) is 1. The van der Waals surface area contributed by atoms with Gasteiger partial charge in [0.05, 0.1) is 0 Å². The monoisotopic (exact) mass is 312 g/mol. The third kappa shape index (κ3) is 3.77. The summed E-state index contributed by atoms with van der Waals surface area (Å²) in [6.45, 7) is 2.26. The molecule has 0 spiro atoms. The van der Waals surface area contributed by atoms with Crippen LogP contribution in [0.15, 0.2) is 30.5 Å². The van der Waals surface area contributed by atoms with E-state index < -0.39 is 0 Å². The fourth-order valence-corrected chi connectivity index (χ4v) is 3.87. The third-order valence-electron chi connectivity index (χ3n) is 5.29. The molecule has 1 aliphatic carbocycles. The zero-order chi connectivity index (χ0) is 16.2. The molecule has 1 aromatic heterocycles. The van der Waals surface area contributed by atoms with E-state index >= 15 is 0 Å². The van der Waals surface area contributed by atoms with Crippen molar-refractivity contribution in [2.75, 3.05) is 0 Å². The molecule has 23 heavy (non-hydrogen) atoms. The highest BCUT2D eigenvalue weighted by Crippen LogP contribution is 2.24. The molecule has 2 aromatic rings. The third-order valence-corrected chi connectivity index (χ3v) is 5.29. The predicted octanol–water partition coefficient (Wildman–Crippen LogP) is 4.20. The first kappa shape index (κ1) is 16.1. The van der Waals surface area contributed by atoms with Gasteiger partial charge in [-0.1, -0.05) is 38.0 Å². The molecule has 2 atom stereocenters. The fourth-order valence-electron chi connectivity index (χ4n) is 3.87. The zero-order valence-corrected chi connectivity index (χ0v) is 14.3. The van der Waals surface area contributed by atoms with Gasteiger partial charge in [-0.15, -0.1) is 0 Å². The molecule has 1 N–H and O–H groups in total. The van der Waals surface area contributed by atoms with Crippen molar-refractivity contribution in [3.05, 3.63) is 36.0 Å². The van der Waals surface area contributed by atoms with Gasteiger partial charge in [0.2, 0.25) is 5.91 Å². The van der Waals surface area contributed by atoms with Crippen molar-refractivity contribution >= 4 is 16.8 Å². The highest BCUT2D eigenvalue weighted by molar-refractivity contribution is 5.84. The number of aryl methyl sites for hydroxylation is 2.